The largest absolute Gasteiger partial charge is 0.298 e. The number of hydrogen-bond acceptors (Lipinski definition) is 1. The predicted molar refractivity (Wildman–Crippen MR) is 90.1 cm³/mol. The third kappa shape index (κ3) is 3.75. The zero-order chi connectivity index (χ0) is 15.5. The second-order valence-corrected chi connectivity index (χ2v) is 7.47. The molecule has 0 aromatic heterocycles. The Morgan fingerprint density at radius 2 is 2.10 bits per heavy atom. The molecule has 0 bridgehead atoms. The lowest BCUT2D eigenvalue weighted by Gasteiger charge is -2.34. The number of carbonyl (C=O) groups excluding carboxylic acids is 1. The summed E-state index contributed by atoms with van der Waals surface area (Å²) in [6.45, 7) is 11.1. The number of hydrogen-bond donors (Lipinski definition) is 0. The van der Waals surface area contributed by atoms with Gasteiger partial charge in [-0.15, -0.1) is 0 Å². The van der Waals surface area contributed by atoms with Crippen LogP contribution in [-0.4, -0.2) is 6.29 Å². The van der Waals surface area contributed by atoms with Gasteiger partial charge in [0.1, 0.15) is 6.29 Å². The molecule has 0 spiro atoms. The average molecular weight is 286 g/mol. The standard InChI is InChI=1S/C20H30O/c1-15(2)18-11-13-20(4)12-10-17(14-21)7-5-6-16(3)8-9-19(18)20/h7-8,14,18-19H,1,5-6,9-13H2,2-4H3. The van der Waals surface area contributed by atoms with Gasteiger partial charge >= 0.3 is 0 Å². The highest BCUT2D eigenvalue weighted by molar-refractivity contribution is 5.72. The quantitative estimate of drug-likeness (QED) is 0.475. The van der Waals surface area contributed by atoms with Crippen molar-refractivity contribution >= 4 is 6.29 Å². The van der Waals surface area contributed by atoms with Crippen molar-refractivity contribution in [2.45, 2.75) is 65.7 Å². The van der Waals surface area contributed by atoms with Crippen LogP contribution in [0, 0.1) is 17.3 Å². The lowest BCUT2D eigenvalue weighted by atomic mass is 9.70. The molecule has 2 aliphatic carbocycles. The zero-order valence-electron chi connectivity index (χ0n) is 14.0. The van der Waals surface area contributed by atoms with Crippen molar-refractivity contribution in [3.8, 4) is 0 Å². The Balaban J connectivity index is 2.28. The Hall–Kier alpha value is -1.11. The summed E-state index contributed by atoms with van der Waals surface area (Å²) < 4.78 is 0. The Morgan fingerprint density at radius 3 is 2.76 bits per heavy atom. The fraction of sp³-hybridized carbons (Fsp3) is 0.650. The number of aldehydes is 1. The fourth-order valence-corrected chi connectivity index (χ4v) is 4.26. The first-order valence-electron chi connectivity index (χ1n) is 8.41. The fourth-order valence-electron chi connectivity index (χ4n) is 4.26. The van der Waals surface area contributed by atoms with Gasteiger partial charge in [0.15, 0.2) is 0 Å². The van der Waals surface area contributed by atoms with Gasteiger partial charge in [-0.3, -0.25) is 4.79 Å². The Labute approximate surface area is 130 Å². The van der Waals surface area contributed by atoms with E-state index in [0.717, 1.165) is 37.5 Å². The molecule has 0 aromatic rings. The Morgan fingerprint density at radius 1 is 1.33 bits per heavy atom. The van der Waals surface area contributed by atoms with Crippen molar-refractivity contribution in [3.05, 3.63) is 35.5 Å². The van der Waals surface area contributed by atoms with Gasteiger partial charge in [-0.05, 0) is 81.6 Å². The monoisotopic (exact) mass is 286 g/mol. The predicted octanol–water partition coefficient (Wildman–Crippen LogP) is 5.63. The van der Waals surface area contributed by atoms with E-state index in [1.807, 2.05) is 0 Å². The number of rotatable bonds is 2. The van der Waals surface area contributed by atoms with Crippen molar-refractivity contribution in [2.75, 3.05) is 0 Å². The maximum absolute atomic E-state index is 11.3. The van der Waals surface area contributed by atoms with Gasteiger partial charge in [0.25, 0.3) is 0 Å². The van der Waals surface area contributed by atoms with E-state index in [4.69, 9.17) is 0 Å². The van der Waals surface area contributed by atoms with Crippen LogP contribution in [0.5, 0.6) is 0 Å². The molecule has 1 saturated carbocycles. The normalized spacial score (nSPS) is 34.2. The highest BCUT2D eigenvalue weighted by Gasteiger charge is 2.44. The van der Waals surface area contributed by atoms with Crippen molar-refractivity contribution in [1.29, 1.82) is 0 Å². The van der Waals surface area contributed by atoms with E-state index in [0.29, 0.717) is 17.3 Å². The maximum atomic E-state index is 11.3. The molecule has 1 fully saturated rings. The van der Waals surface area contributed by atoms with E-state index >= 15 is 0 Å². The van der Waals surface area contributed by atoms with Crippen molar-refractivity contribution in [3.63, 3.8) is 0 Å². The molecule has 0 N–H and O–H groups in total. The first kappa shape index (κ1) is 16.3. The van der Waals surface area contributed by atoms with Crippen LogP contribution >= 0.6 is 0 Å². The third-order valence-corrected chi connectivity index (χ3v) is 5.84. The molecule has 2 aliphatic rings. The smallest absolute Gasteiger partial charge is 0.145 e. The van der Waals surface area contributed by atoms with E-state index in [-0.39, 0.29) is 0 Å². The molecule has 21 heavy (non-hydrogen) atoms. The van der Waals surface area contributed by atoms with Crippen molar-refractivity contribution < 1.29 is 4.79 Å². The average Bonchev–Trinajstić information content (AvgIpc) is 2.76. The van der Waals surface area contributed by atoms with Gasteiger partial charge < -0.3 is 0 Å². The zero-order valence-corrected chi connectivity index (χ0v) is 14.0. The summed E-state index contributed by atoms with van der Waals surface area (Å²) in [5.41, 5.74) is 4.17. The highest BCUT2D eigenvalue weighted by atomic mass is 16.1. The number of allylic oxidation sites excluding steroid dienone is 5. The van der Waals surface area contributed by atoms with Gasteiger partial charge in [0.2, 0.25) is 0 Å². The summed E-state index contributed by atoms with van der Waals surface area (Å²) in [5.74, 6) is 1.35. The van der Waals surface area contributed by atoms with E-state index < -0.39 is 0 Å². The van der Waals surface area contributed by atoms with E-state index in [1.165, 1.54) is 30.4 Å². The first-order chi connectivity index (χ1) is 9.96. The van der Waals surface area contributed by atoms with E-state index in [9.17, 15) is 4.79 Å². The molecule has 0 amide bonds. The van der Waals surface area contributed by atoms with Crippen LogP contribution in [0.15, 0.2) is 35.5 Å². The lowest BCUT2D eigenvalue weighted by molar-refractivity contribution is -0.105. The van der Waals surface area contributed by atoms with Gasteiger partial charge in [-0.1, -0.05) is 36.8 Å². The first-order valence-corrected chi connectivity index (χ1v) is 8.41. The second-order valence-electron chi connectivity index (χ2n) is 7.47. The summed E-state index contributed by atoms with van der Waals surface area (Å²) in [5, 5.41) is 0. The molecule has 1 heteroatoms. The van der Waals surface area contributed by atoms with Crippen LogP contribution in [0.4, 0.5) is 0 Å². The van der Waals surface area contributed by atoms with Crippen LogP contribution in [0.25, 0.3) is 0 Å². The minimum Gasteiger partial charge on any atom is -0.298 e. The number of carbonyl (C=O) groups is 1. The summed E-state index contributed by atoms with van der Waals surface area (Å²) in [7, 11) is 0. The van der Waals surface area contributed by atoms with Crippen LogP contribution < -0.4 is 0 Å². The minimum atomic E-state index is 0.354. The molecule has 0 heterocycles. The highest BCUT2D eigenvalue weighted by Crippen LogP contribution is 2.53. The summed E-state index contributed by atoms with van der Waals surface area (Å²) >= 11 is 0. The molecule has 3 atom stereocenters. The Kier molecular flexibility index (Phi) is 5.24. The molecule has 0 aromatic carbocycles. The molecular weight excluding hydrogens is 256 g/mol. The molecule has 0 saturated heterocycles. The van der Waals surface area contributed by atoms with Gasteiger partial charge in [0, 0.05) is 0 Å². The molecule has 1 nitrogen and oxygen atoms in total. The van der Waals surface area contributed by atoms with Crippen LogP contribution in [0.2, 0.25) is 0 Å². The minimum absolute atomic E-state index is 0.354. The summed E-state index contributed by atoms with van der Waals surface area (Å²) in [6.07, 6.45) is 13.6. The second kappa shape index (κ2) is 6.77. The van der Waals surface area contributed by atoms with Gasteiger partial charge in [-0.25, -0.2) is 0 Å². The summed E-state index contributed by atoms with van der Waals surface area (Å²) in [6, 6.07) is 0. The van der Waals surface area contributed by atoms with Crippen LogP contribution in [-0.2, 0) is 4.79 Å². The maximum Gasteiger partial charge on any atom is 0.145 e. The number of fused-ring (bicyclic) bond motifs is 1. The molecule has 0 aliphatic heterocycles. The van der Waals surface area contributed by atoms with Crippen LogP contribution in [0.1, 0.15) is 65.7 Å². The van der Waals surface area contributed by atoms with E-state index in [1.54, 1.807) is 0 Å². The van der Waals surface area contributed by atoms with Gasteiger partial charge in [0.05, 0.1) is 0 Å². The SMILES string of the molecule is C=C(C)C1CCC2(C)CCC(C=O)=CCCC(C)=CCC12. The molecule has 0 radical (unpaired) electrons. The summed E-state index contributed by atoms with van der Waals surface area (Å²) in [4.78, 5) is 11.3. The third-order valence-electron chi connectivity index (χ3n) is 5.84. The topological polar surface area (TPSA) is 17.1 Å². The Bertz CT molecular complexity index is 468. The molecule has 116 valence electrons. The molecule has 3 unspecified atom stereocenters. The van der Waals surface area contributed by atoms with Crippen molar-refractivity contribution in [2.24, 2.45) is 17.3 Å². The van der Waals surface area contributed by atoms with Crippen LogP contribution in [0.3, 0.4) is 0 Å². The van der Waals surface area contributed by atoms with Gasteiger partial charge in [-0.2, -0.15) is 0 Å². The molecular formula is C20H30O. The van der Waals surface area contributed by atoms with Crippen molar-refractivity contribution in [1.82, 2.24) is 0 Å². The van der Waals surface area contributed by atoms with E-state index in [2.05, 4.69) is 39.5 Å². The molecule has 2 rings (SSSR count). The lowest BCUT2D eigenvalue weighted by Crippen LogP contribution is -2.26.